The van der Waals surface area contributed by atoms with Gasteiger partial charge in [-0.2, -0.15) is 0 Å². The van der Waals surface area contributed by atoms with Gasteiger partial charge in [0.05, 0.1) is 6.61 Å². The third-order valence-corrected chi connectivity index (χ3v) is 5.76. The molecule has 160 valence electrons. The molecule has 0 radical (unpaired) electrons. The molecule has 8 heteroatoms. The summed E-state index contributed by atoms with van der Waals surface area (Å²) in [5, 5.41) is 4.06. The lowest BCUT2D eigenvalue weighted by molar-refractivity contribution is -0.129. The van der Waals surface area contributed by atoms with E-state index in [1.165, 1.54) is 0 Å². The number of carbonyl (C=O) groups excluding carboxylic acids is 1. The van der Waals surface area contributed by atoms with Gasteiger partial charge in [-0.1, -0.05) is 11.6 Å². The number of halogens is 1. The van der Waals surface area contributed by atoms with Gasteiger partial charge in [-0.3, -0.25) is 4.79 Å². The average molecular weight is 422 g/mol. The molecule has 2 aliphatic heterocycles. The van der Waals surface area contributed by atoms with E-state index < -0.39 is 0 Å². The SMILES string of the molecule is CCNC(=NCC(=O)N1CCN(c2ccc(Cl)cc2)CC1)N1CCC(COC)C1. The van der Waals surface area contributed by atoms with Crippen LogP contribution in [0.15, 0.2) is 29.3 Å². The maximum Gasteiger partial charge on any atom is 0.244 e. The lowest BCUT2D eigenvalue weighted by Crippen LogP contribution is -2.49. The van der Waals surface area contributed by atoms with E-state index in [0.717, 1.165) is 62.4 Å². The number of nitrogens with zero attached hydrogens (tertiary/aromatic N) is 4. The van der Waals surface area contributed by atoms with Crippen LogP contribution in [-0.2, 0) is 9.53 Å². The summed E-state index contributed by atoms with van der Waals surface area (Å²) >= 11 is 5.97. The molecule has 2 saturated heterocycles. The molecule has 0 aliphatic carbocycles. The van der Waals surface area contributed by atoms with Gasteiger partial charge in [0, 0.05) is 69.6 Å². The molecule has 1 atom stereocenters. The molecular formula is C21H32ClN5O2. The molecule has 7 nitrogen and oxygen atoms in total. The number of nitrogens with one attached hydrogen (secondary N) is 1. The zero-order chi connectivity index (χ0) is 20.6. The number of amides is 1. The average Bonchev–Trinajstić information content (AvgIpc) is 3.20. The van der Waals surface area contributed by atoms with Gasteiger partial charge >= 0.3 is 0 Å². The third kappa shape index (κ3) is 6.00. The molecule has 1 N–H and O–H groups in total. The van der Waals surface area contributed by atoms with Crippen molar-refractivity contribution in [1.82, 2.24) is 15.1 Å². The summed E-state index contributed by atoms with van der Waals surface area (Å²) in [5.41, 5.74) is 1.15. The molecule has 0 aromatic heterocycles. The Morgan fingerprint density at radius 1 is 1.17 bits per heavy atom. The molecular weight excluding hydrogens is 390 g/mol. The maximum atomic E-state index is 12.7. The van der Waals surface area contributed by atoms with Crippen molar-refractivity contribution in [3.05, 3.63) is 29.3 Å². The number of aliphatic imine (C=N–C) groups is 1. The minimum Gasteiger partial charge on any atom is -0.384 e. The van der Waals surface area contributed by atoms with Gasteiger partial charge in [0.2, 0.25) is 5.91 Å². The van der Waals surface area contributed by atoms with Crippen molar-refractivity contribution in [3.63, 3.8) is 0 Å². The Morgan fingerprint density at radius 3 is 2.55 bits per heavy atom. The Kier molecular flexibility index (Phi) is 8.00. The number of carbonyl (C=O) groups is 1. The molecule has 2 aliphatic rings. The topological polar surface area (TPSA) is 60.4 Å². The summed E-state index contributed by atoms with van der Waals surface area (Å²) < 4.78 is 5.28. The van der Waals surface area contributed by atoms with Crippen LogP contribution in [0.25, 0.3) is 0 Å². The molecule has 1 amide bonds. The molecule has 1 aromatic carbocycles. The molecule has 0 spiro atoms. The van der Waals surface area contributed by atoms with Crippen molar-refractivity contribution in [1.29, 1.82) is 0 Å². The highest BCUT2D eigenvalue weighted by atomic mass is 35.5. The van der Waals surface area contributed by atoms with Gasteiger partial charge < -0.3 is 24.8 Å². The standard InChI is InChI=1S/C21H32ClN5O2/c1-3-23-21(27-9-8-17(15-27)16-29-2)24-14-20(28)26-12-10-25(11-13-26)19-6-4-18(22)5-7-19/h4-7,17H,3,8-16H2,1-2H3,(H,23,24). The smallest absolute Gasteiger partial charge is 0.244 e. The number of hydrogen-bond donors (Lipinski definition) is 1. The van der Waals surface area contributed by atoms with Gasteiger partial charge in [-0.15, -0.1) is 0 Å². The minimum absolute atomic E-state index is 0.0868. The van der Waals surface area contributed by atoms with E-state index in [1.54, 1.807) is 7.11 Å². The van der Waals surface area contributed by atoms with E-state index in [4.69, 9.17) is 16.3 Å². The predicted octanol–water partition coefficient (Wildman–Crippen LogP) is 1.92. The predicted molar refractivity (Wildman–Crippen MR) is 118 cm³/mol. The van der Waals surface area contributed by atoms with Crippen molar-refractivity contribution < 1.29 is 9.53 Å². The second-order valence-corrected chi connectivity index (χ2v) is 8.01. The van der Waals surface area contributed by atoms with Crippen LogP contribution in [-0.4, -0.2) is 87.7 Å². The van der Waals surface area contributed by atoms with Gasteiger partial charge in [0.25, 0.3) is 0 Å². The summed E-state index contributed by atoms with van der Waals surface area (Å²) in [7, 11) is 1.74. The molecule has 1 aromatic rings. The highest BCUT2D eigenvalue weighted by Gasteiger charge is 2.26. The van der Waals surface area contributed by atoms with E-state index in [-0.39, 0.29) is 12.5 Å². The zero-order valence-electron chi connectivity index (χ0n) is 17.4. The Bertz CT molecular complexity index is 689. The lowest BCUT2D eigenvalue weighted by Gasteiger charge is -2.36. The van der Waals surface area contributed by atoms with Crippen molar-refractivity contribution in [2.75, 3.05) is 71.0 Å². The second-order valence-electron chi connectivity index (χ2n) is 7.57. The third-order valence-electron chi connectivity index (χ3n) is 5.51. The van der Waals surface area contributed by atoms with Gasteiger partial charge in [-0.05, 0) is 37.6 Å². The summed E-state index contributed by atoms with van der Waals surface area (Å²) in [4.78, 5) is 23.8. The van der Waals surface area contributed by atoms with Gasteiger partial charge in [0.1, 0.15) is 6.54 Å². The number of hydrogen-bond acceptors (Lipinski definition) is 4. The number of ether oxygens (including phenoxy) is 1. The van der Waals surface area contributed by atoms with E-state index in [9.17, 15) is 4.79 Å². The van der Waals surface area contributed by atoms with Crippen LogP contribution < -0.4 is 10.2 Å². The first-order chi connectivity index (χ1) is 14.1. The number of piperazine rings is 1. The van der Waals surface area contributed by atoms with Crippen molar-refractivity contribution in [2.24, 2.45) is 10.9 Å². The Morgan fingerprint density at radius 2 is 1.90 bits per heavy atom. The quantitative estimate of drug-likeness (QED) is 0.561. The number of likely N-dealkylation sites (tertiary alicyclic amines) is 1. The lowest BCUT2D eigenvalue weighted by atomic mass is 10.1. The Balaban J connectivity index is 1.50. The first-order valence-corrected chi connectivity index (χ1v) is 10.8. The van der Waals surface area contributed by atoms with E-state index in [0.29, 0.717) is 19.0 Å². The second kappa shape index (κ2) is 10.7. The molecule has 0 bridgehead atoms. The van der Waals surface area contributed by atoms with Gasteiger partial charge in [-0.25, -0.2) is 4.99 Å². The molecule has 0 saturated carbocycles. The van der Waals surface area contributed by atoms with E-state index in [1.807, 2.05) is 29.2 Å². The van der Waals surface area contributed by atoms with E-state index in [2.05, 4.69) is 27.0 Å². The number of guanidine groups is 1. The highest BCUT2D eigenvalue weighted by molar-refractivity contribution is 6.30. The number of methoxy groups -OCH3 is 1. The number of anilines is 1. The van der Waals surface area contributed by atoms with Crippen LogP contribution in [0, 0.1) is 5.92 Å². The summed E-state index contributed by atoms with van der Waals surface area (Å²) in [6.07, 6.45) is 1.10. The number of rotatable bonds is 6. The van der Waals surface area contributed by atoms with E-state index >= 15 is 0 Å². The van der Waals surface area contributed by atoms with Crippen LogP contribution >= 0.6 is 11.6 Å². The highest BCUT2D eigenvalue weighted by Crippen LogP contribution is 2.20. The molecule has 3 rings (SSSR count). The van der Waals surface area contributed by atoms with Crippen LogP contribution in [0.5, 0.6) is 0 Å². The zero-order valence-corrected chi connectivity index (χ0v) is 18.2. The van der Waals surface area contributed by atoms with Gasteiger partial charge in [0.15, 0.2) is 5.96 Å². The van der Waals surface area contributed by atoms with Crippen LogP contribution in [0.2, 0.25) is 5.02 Å². The molecule has 2 heterocycles. The maximum absolute atomic E-state index is 12.7. The fraction of sp³-hybridized carbons (Fsp3) is 0.619. The monoisotopic (exact) mass is 421 g/mol. The van der Waals surface area contributed by atoms with Crippen molar-refractivity contribution in [2.45, 2.75) is 13.3 Å². The molecule has 2 fully saturated rings. The largest absolute Gasteiger partial charge is 0.384 e. The van der Waals surface area contributed by atoms with Crippen molar-refractivity contribution in [3.8, 4) is 0 Å². The Labute approximate surface area is 178 Å². The Hall–Kier alpha value is -1.99. The summed E-state index contributed by atoms with van der Waals surface area (Å²) in [6.45, 7) is 8.75. The van der Waals surface area contributed by atoms with Crippen LogP contribution in [0.1, 0.15) is 13.3 Å². The number of benzene rings is 1. The fourth-order valence-electron chi connectivity index (χ4n) is 3.93. The summed E-state index contributed by atoms with van der Waals surface area (Å²) in [6, 6.07) is 7.86. The van der Waals surface area contributed by atoms with Crippen molar-refractivity contribution >= 4 is 29.2 Å². The van der Waals surface area contributed by atoms with Crippen LogP contribution in [0.3, 0.4) is 0 Å². The van der Waals surface area contributed by atoms with Crippen LogP contribution in [0.4, 0.5) is 5.69 Å². The minimum atomic E-state index is 0.0868. The molecule has 29 heavy (non-hydrogen) atoms. The first kappa shape index (κ1) is 21.7. The fourth-order valence-corrected chi connectivity index (χ4v) is 4.06. The summed E-state index contributed by atoms with van der Waals surface area (Å²) in [5.74, 6) is 1.45. The molecule has 1 unspecified atom stereocenters. The first-order valence-electron chi connectivity index (χ1n) is 10.4. The normalized spacial score (nSPS) is 20.3.